The number of para-hydroxylation sites is 2. The van der Waals surface area contributed by atoms with Crippen LogP contribution in [0.4, 0.5) is 5.69 Å². The average molecular weight is 663 g/mol. The molecule has 10 nitrogen and oxygen atoms in total. The Balaban J connectivity index is 1.06. The summed E-state index contributed by atoms with van der Waals surface area (Å²) in [6.07, 6.45) is 7.61. The maximum atomic E-state index is 14.0. The fourth-order valence-electron chi connectivity index (χ4n) is 7.47. The number of piperazine rings is 1. The van der Waals surface area contributed by atoms with Crippen LogP contribution in [-0.4, -0.2) is 88.6 Å². The van der Waals surface area contributed by atoms with E-state index < -0.39 is 17.6 Å². The van der Waals surface area contributed by atoms with Crippen LogP contribution in [0.3, 0.4) is 0 Å². The molecule has 3 heterocycles. The molecule has 0 unspecified atom stereocenters. The molecule has 11 heteroatoms. The van der Waals surface area contributed by atoms with Gasteiger partial charge in [-0.15, -0.1) is 0 Å². The summed E-state index contributed by atoms with van der Waals surface area (Å²) >= 11 is 6.40. The SMILES string of the molecule is CC1(C)CC[C@H](C(=O)N2CCN(C3=Nc4ccccc4Oc4ccc(Cl)cc43)CC2)N1C(=O)[C@@H](N)CCCCNC(=O)C1CCCC1. The monoisotopic (exact) mass is 662 g/mol. The van der Waals surface area contributed by atoms with E-state index in [1.807, 2.05) is 61.2 Å². The topological polar surface area (TPSA) is 121 Å². The Labute approximate surface area is 282 Å². The quantitative estimate of drug-likeness (QED) is 0.373. The summed E-state index contributed by atoms with van der Waals surface area (Å²) in [6, 6.07) is 12.0. The molecule has 0 radical (unpaired) electrons. The van der Waals surface area contributed by atoms with E-state index in [9.17, 15) is 14.4 Å². The molecule has 252 valence electrons. The number of amides is 3. The Hall–Kier alpha value is -3.63. The number of aliphatic imine (C=N–C) groups is 1. The molecular weight excluding hydrogens is 616 g/mol. The second-order valence-electron chi connectivity index (χ2n) is 13.9. The first-order valence-electron chi connectivity index (χ1n) is 17.2. The molecule has 2 atom stereocenters. The molecule has 47 heavy (non-hydrogen) atoms. The first kappa shape index (κ1) is 33.3. The first-order chi connectivity index (χ1) is 22.6. The van der Waals surface area contributed by atoms with Gasteiger partial charge < -0.3 is 30.5 Å². The molecule has 4 aliphatic rings. The largest absolute Gasteiger partial charge is 0.454 e. The lowest BCUT2D eigenvalue weighted by Crippen LogP contribution is -2.59. The van der Waals surface area contributed by atoms with Crippen molar-refractivity contribution < 1.29 is 19.1 Å². The third kappa shape index (κ3) is 7.28. The van der Waals surface area contributed by atoms with Gasteiger partial charge in [0.1, 0.15) is 23.3 Å². The van der Waals surface area contributed by atoms with Crippen molar-refractivity contribution >= 4 is 40.8 Å². The zero-order valence-electron chi connectivity index (χ0n) is 27.6. The van der Waals surface area contributed by atoms with Crippen LogP contribution in [0.15, 0.2) is 47.5 Å². The number of nitrogens with one attached hydrogen (secondary N) is 1. The van der Waals surface area contributed by atoms with Crippen molar-refractivity contribution in [1.29, 1.82) is 0 Å². The Bertz CT molecular complexity index is 1510. The van der Waals surface area contributed by atoms with Crippen molar-refractivity contribution in [2.45, 2.75) is 89.3 Å². The number of hydrogen-bond acceptors (Lipinski definition) is 7. The number of unbranched alkanes of at least 4 members (excludes halogenated alkanes) is 1. The molecule has 0 bridgehead atoms. The normalized spacial score (nSPS) is 21.3. The molecule has 3 aliphatic heterocycles. The minimum Gasteiger partial charge on any atom is -0.454 e. The fourth-order valence-corrected chi connectivity index (χ4v) is 7.64. The number of likely N-dealkylation sites (tertiary alicyclic amines) is 1. The number of fused-ring (bicyclic) bond motifs is 2. The average Bonchev–Trinajstić information content (AvgIpc) is 3.68. The van der Waals surface area contributed by atoms with Crippen molar-refractivity contribution in [3.63, 3.8) is 0 Å². The number of nitrogens with two attached hydrogens (primary N) is 1. The van der Waals surface area contributed by atoms with Crippen LogP contribution in [0.5, 0.6) is 11.5 Å². The predicted molar refractivity (Wildman–Crippen MR) is 183 cm³/mol. The molecular formula is C36H47ClN6O4. The van der Waals surface area contributed by atoms with E-state index in [4.69, 9.17) is 27.1 Å². The van der Waals surface area contributed by atoms with Crippen LogP contribution >= 0.6 is 11.6 Å². The van der Waals surface area contributed by atoms with Gasteiger partial charge in [-0.3, -0.25) is 14.4 Å². The smallest absolute Gasteiger partial charge is 0.245 e. The first-order valence-corrected chi connectivity index (χ1v) is 17.6. The highest BCUT2D eigenvalue weighted by Gasteiger charge is 2.48. The van der Waals surface area contributed by atoms with E-state index in [0.29, 0.717) is 62.1 Å². The van der Waals surface area contributed by atoms with Crippen LogP contribution in [0.25, 0.3) is 0 Å². The lowest BCUT2D eigenvalue weighted by atomic mass is 10.0. The van der Waals surface area contributed by atoms with Crippen LogP contribution in [0.2, 0.25) is 5.02 Å². The van der Waals surface area contributed by atoms with Gasteiger partial charge in [-0.25, -0.2) is 4.99 Å². The summed E-state index contributed by atoms with van der Waals surface area (Å²) in [5.41, 5.74) is 7.54. The maximum Gasteiger partial charge on any atom is 0.245 e. The highest BCUT2D eigenvalue weighted by Crippen LogP contribution is 2.39. The Morgan fingerprint density at radius 1 is 1.02 bits per heavy atom. The maximum absolute atomic E-state index is 14.0. The molecule has 2 aromatic carbocycles. The van der Waals surface area contributed by atoms with Gasteiger partial charge in [-0.05, 0) is 89.1 Å². The number of carbonyl (C=O) groups excluding carboxylic acids is 3. The van der Waals surface area contributed by atoms with E-state index in [0.717, 1.165) is 62.0 Å². The van der Waals surface area contributed by atoms with Crippen LogP contribution < -0.4 is 15.8 Å². The number of benzene rings is 2. The summed E-state index contributed by atoms with van der Waals surface area (Å²) in [5.74, 6) is 2.25. The van der Waals surface area contributed by atoms with Gasteiger partial charge in [0.05, 0.1) is 11.6 Å². The third-order valence-electron chi connectivity index (χ3n) is 10.2. The highest BCUT2D eigenvalue weighted by atomic mass is 35.5. The fraction of sp³-hybridized carbons (Fsp3) is 0.556. The second kappa shape index (κ2) is 14.2. The van der Waals surface area contributed by atoms with Gasteiger partial charge in [-0.2, -0.15) is 0 Å². The number of nitrogens with zero attached hydrogens (tertiary/aromatic N) is 4. The van der Waals surface area contributed by atoms with Crippen LogP contribution in [0.1, 0.15) is 77.2 Å². The zero-order valence-corrected chi connectivity index (χ0v) is 28.3. The van der Waals surface area contributed by atoms with Crippen molar-refractivity contribution in [3.05, 3.63) is 53.1 Å². The molecule has 2 saturated heterocycles. The predicted octanol–water partition coefficient (Wildman–Crippen LogP) is 5.24. The Kier molecular flexibility index (Phi) is 10.1. The van der Waals surface area contributed by atoms with Gasteiger partial charge in [0.25, 0.3) is 0 Å². The standard InChI is InChI=1S/C36H47ClN6O4/c1-36(2)17-16-29(43(36)34(45)27(38)11-7-8-18-39-33(44)24-9-3-4-10-24)35(46)42-21-19-41(20-22-42)32-26-23-25(37)14-15-30(26)47-31-13-6-5-12-28(31)40-32/h5-6,12-15,23-24,27,29H,3-4,7-11,16-22,38H2,1-2H3,(H,39,44)/t27-,29+/m0/s1. The summed E-state index contributed by atoms with van der Waals surface area (Å²) in [4.78, 5) is 50.9. The number of carbonyl (C=O) groups is 3. The third-order valence-corrected chi connectivity index (χ3v) is 10.4. The van der Waals surface area contributed by atoms with Crippen molar-refractivity contribution in [2.75, 3.05) is 32.7 Å². The Morgan fingerprint density at radius 2 is 1.77 bits per heavy atom. The van der Waals surface area contributed by atoms with E-state index in [2.05, 4.69) is 10.2 Å². The minimum atomic E-state index is -0.685. The van der Waals surface area contributed by atoms with Crippen LogP contribution in [0, 0.1) is 5.92 Å². The van der Waals surface area contributed by atoms with Gasteiger partial charge in [-0.1, -0.05) is 36.6 Å². The minimum absolute atomic E-state index is 0.0228. The van der Waals surface area contributed by atoms with E-state index in [1.165, 1.54) is 0 Å². The number of rotatable bonds is 8. The summed E-state index contributed by atoms with van der Waals surface area (Å²) in [7, 11) is 0. The zero-order chi connectivity index (χ0) is 33.1. The summed E-state index contributed by atoms with van der Waals surface area (Å²) in [5, 5.41) is 3.64. The van der Waals surface area contributed by atoms with Crippen molar-refractivity contribution in [3.8, 4) is 11.5 Å². The number of halogens is 1. The summed E-state index contributed by atoms with van der Waals surface area (Å²) in [6.45, 7) is 6.83. The van der Waals surface area contributed by atoms with Gasteiger partial charge in [0, 0.05) is 49.2 Å². The van der Waals surface area contributed by atoms with Crippen molar-refractivity contribution in [2.24, 2.45) is 16.6 Å². The molecule has 0 spiro atoms. The van der Waals surface area contributed by atoms with E-state index >= 15 is 0 Å². The lowest BCUT2D eigenvalue weighted by molar-refractivity contribution is -0.149. The van der Waals surface area contributed by atoms with Gasteiger partial charge in [0.15, 0.2) is 5.75 Å². The van der Waals surface area contributed by atoms with Crippen LogP contribution in [-0.2, 0) is 14.4 Å². The highest BCUT2D eigenvalue weighted by molar-refractivity contribution is 6.31. The second-order valence-corrected chi connectivity index (χ2v) is 14.3. The molecule has 2 aromatic rings. The molecule has 3 fully saturated rings. The lowest BCUT2D eigenvalue weighted by Gasteiger charge is -2.41. The molecule has 3 amide bonds. The molecule has 1 saturated carbocycles. The van der Waals surface area contributed by atoms with E-state index in [-0.39, 0.29) is 23.6 Å². The van der Waals surface area contributed by atoms with Gasteiger partial charge >= 0.3 is 0 Å². The molecule has 0 aromatic heterocycles. The molecule has 6 rings (SSSR count). The van der Waals surface area contributed by atoms with Gasteiger partial charge in [0.2, 0.25) is 17.7 Å². The number of hydrogen-bond donors (Lipinski definition) is 2. The Morgan fingerprint density at radius 3 is 2.53 bits per heavy atom. The number of ether oxygens (including phenoxy) is 1. The van der Waals surface area contributed by atoms with E-state index in [1.54, 1.807) is 4.90 Å². The molecule has 1 aliphatic carbocycles. The molecule has 3 N–H and O–H groups in total. The number of amidine groups is 1. The summed E-state index contributed by atoms with van der Waals surface area (Å²) < 4.78 is 6.21. The van der Waals surface area contributed by atoms with Crippen molar-refractivity contribution in [1.82, 2.24) is 20.0 Å².